The lowest BCUT2D eigenvalue weighted by Gasteiger charge is -2.35. The van der Waals surface area contributed by atoms with Crippen LogP contribution in [0.2, 0.25) is 0 Å². The van der Waals surface area contributed by atoms with Crippen LogP contribution in [0.4, 0.5) is 5.95 Å². The van der Waals surface area contributed by atoms with E-state index < -0.39 is 5.60 Å². The standard InChI is InChI=1S/C21H25N7O/c1-2-21(29)5-3-14(4-6-21)9-24-19-25-12-17-16(11-23-18(17)27-19)15-10-26-20-22-7-8-28(20)13-15/h7-8,10-14,29H,2-6,9H2,1H3,(H2,23,24,25,27). The Kier molecular flexibility index (Phi) is 4.43. The molecule has 0 aromatic carbocycles. The number of aromatic amines is 1. The first-order valence-corrected chi connectivity index (χ1v) is 10.2. The molecule has 4 aromatic rings. The van der Waals surface area contributed by atoms with Gasteiger partial charge in [-0.15, -0.1) is 0 Å². The molecule has 0 spiro atoms. The second-order valence-corrected chi connectivity index (χ2v) is 8.04. The molecule has 29 heavy (non-hydrogen) atoms. The lowest BCUT2D eigenvalue weighted by Crippen LogP contribution is -2.35. The Morgan fingerprint density at radius 1 is 1.24 bits per heavy atom. The molecule has 1 fully saturated rings. The van der Waals surface area contributed by atoms with Crippen molar-refractivity contribution >= 4 is 22.8 Å². The van der Waals surface area contributed by atoms with E-state index in [1.807, 2.05) is 35.4 Å². The zero-order valence-corrected chi connectivity index (χ0v) is 16.5. The number of H-pyrrole nitrogens is 1. The van der Waals surface area contributed by atoms with Crippen LogP contribution in [0.15, 0.2) is 37.2 Å². The van der Waals surface area contributed by atoms with Crippen molar-refractivity contribution in [2.24, 2.45) is 5.92 Å². The Labute approximate surface area is 168 Å². The topological polar surface area (TPSA) is 104 Å². The SMILES string of the molecule is CCC1(O)CCC(CNc2ncc3c(-c4cnc5nccn5c4)c[nH]c3n2)CC1. The first kappa shape index (κ1) is 18.1. The van der Waals surface area contributed by atoms with Gasteiger partial charge in [-0.2, -0.15) is 4.98 Å². The number of fused-ring (bicyclic) bond motifs is 2. The van der Waals surface area contributed by atoms with Crippen LogP contribution in [0.25, 0.3) is 27.9 Å². The largest absolute Gasteiger partial charge is 0.390 e. The van der Waals surface area contributed by atoms with Crippen LogP contribution < -0.4 is 5.32 Å². The molecule has 1 saturated carbocycles. The normalized spacial score (nSPS) is 22.3. The number of nitrogens with zero attached hydrogens (tertiary/aromatic N) is 5. The zero-order chi connectivity index (χ0) is 19.8. The maximum absolute atomic E-state index is 10.4. The molecule has 5 rings (SSSR count). The number of anilines is 1. The Bertz CT molecular complexity index is 1140. The van der Waals surface area contributed by atoms with Crippen LogP contribution in [0.1, 0.15) is 39.0 Å². The molecule has 0 amide bonds. The number of nitrogens with one attached hydrogen (secondary N) is 2. The van der Waals surface area contributed by atoms with Gasteiger partial charge in [-0.05, 0) is 38.0 Å². The van der Waals surface area contributed by atoms with Crippen molar-refractivity contribution in [1.82, 2.24) is 29.3 Å². The minimum absolute atomic E-state index is 0.457. The summed E-state index contributed by atoms with van der Waals surface area (Å²) in [6.07, 6.45) is 15.9. The summed E-state index contributed by atoms with van der Waals surface area (Å²) < 4.78 is 1.90. The molecule has 0 radical (unpaired) electrons. The van der Waals surface area contributed by atoms with Crippen molar-refractivity contribution in [2.75, 3.05) is 11.9 Å². The average molecular weight is 391 g/mol. The second-order valence-electron chi connectivity index (χ2n) is 8.04. The van der Waals surface area contributed by atoms with E-state index in [0.29, 0.717) is 17.6 Å². The minimum Gasteiger partial charge on any atom is -0.390 e. The minimum atomic E-state index is -0.457. The molecule has 4 heterocycles. The Balaban J connectivity index is 1.30. The highest BCUT2D eigenvalue weighted by molar-refractivity contribution is 5.93. The van der Waals surface area contributed by atoms with Gasteiger partial charge in [0.15, 0.2) is 0 Å². The van der Waals surface area contributed by atoms with Gasteiger partial charge in [-0.25, -0.2) is 15.0 Å². The fourth-order valence-electron chi connectivity index (χ4n) is 4.19. The predicted octanol–water partition coefficient (Wildman–Crippen LogP) is 3.41. The Morgan fingerprint density at radius 2 is 2.10 bits per heavy atom. The summed E-state index contributed by atoms with van der Waals surface area (Å²) in [5.41, 5.74) is 2.34. The first-order chi connectivity index (χ1) is 14.1. The van der Waals surface area contributed by atoms with Crippen molar-refractivity contribution in [3.05, 3.63) is 37.2 Å². The van der Waals surface area contributed by atoms with E-state index in [-0.39, 0.29) is 0 Å². The van der Waals surface area contributed by atoms with E-state index >= 15 is 0 Å². The smallest absolute Gasteiger partial charge is 0.233 e. The van der Waals surface area contributed by atoms with Crippen molar-refractivity contribution < 1.29 is 5.11 Å². The molecule has 0 bridgehead atoms. The molecular formula is C21H25N7O. The lowest BCUT2D eigenvalue weighted by atomic mass is 9.77. The van der Waals surface area contributed by atoms with E-state index in [1.165, 1.54) is 0 Å². The van der Waals surface area contributed by atoms with E-state index in [1.54, 1.807) is 6.20 Å². The molecule has 8 heteroatoms. The molecule has 8 nitrogen and oxygen atoms in total. The predicted molar refractivity (Wildman–Crippen MR) is 112 cm³/mol. The molecule has 0 saturated heterocycles. The van der Waals surface area contributed by atoms with E-state index in [9.17, 15) is 5.11 Å². The van der Waals surface area contributed by atoms with Gasteiger partial charge in [0.05, 0.1) is 5.60 Å². The van der Waals surface area contributed by atoms with Gasteiger partial charge in [0, 0.05) is 60.2 Å². The Morgan fingerprint density at radius 3 is 2.93 bits per heavy atom. The summed E-state index contributed by atoms with van der Waals surface area (Å²) in [6, 6.07) is 0. The van der Waals surface area contributed by atoms with Gasteiger partial charge >= 0.3 is 0 Å². The number of aliphatic hydroxyl groups is 1. The monoisotopic (exact) mass is 391 g/mol. The van der Waals surface area contributed by atoms with Crippen molar-refractivity contribution in [1.29, 1.82) is 0 Å². The van der Waals surface area contributed by atoms with Crippen LogP contribution in [0, 0.1) is 5.92 Å². The summed E-state index contributed by atoms with van der Waals surface area (Å²) >= 11 is 0. The lowest BCUT2D eigenvalue weighted by molar-refractivity contribution is -0.0109. The number of aromatic nitrogens is 6. The summed E-state index contributed by atoms with van der Waals surface area (Å²) in [5, 5.41) is 14.7. The fraction of sp³-hybridized carbons (Fsp3) is 0.429. The van der Waals surface area contributed by atoms with Crippen LogP contribution in [0.5, 0.6) is 0 Å². The van der Waals surface area contributed by atoms with Crippen LogP contribution >= 0.6 is 0 Å². The summed E-state index contributed by atoms with van der Waals surface area (Å²) in [4.78, 5) is 21.0. The van der Waals surface area contributed by atoms with E-state index in [2.05, 4.69) is 37.2 Å². The number of rotatable bonds is 5. The highest BCUT2D eigenvalue weighted by atomic mass is 16.3. The third-order valence-electron chi connectivity index (χ3n) is 6.23. The maximum Gasteiger partial charge on any atom is 0.233 e. The van der Waals surface area contributed by atoms with Crippen molar-refractivity contribution in [3.63, 3.8) is 0 Å². The quantitative estimate of drug-likeness (QED) is 0.482. The first-order valence-electron chi connectivity index (χ1n) is 10.2. The van der Waals surface area contributed by atoms with Gasteiger partial charge < -0.3 is 15.4 Å². The van der Waals surface area contributed by atoms with Crippen LogP contribution in [-0.2, 0) is 0 Å². The third kappa shape index (κ3) is 3.44. The molecule has 0 atom stereocenters. The molecule has 0 unspecified atom stereocenters. The van der Waals surface area contributed by atoms with Gasteiger partial charge in [-0.1, -0.05) is 6.92 Å². The zero-order valence-electron chi connectivity index (χ0n) is 16.5. The molecule has 4 aromatic heterocycles. The molecule has 1 aliphatic carbocycles. The van der Waals surface area contributed by atoms with Gasteiger partial charge in [0.2, 0.25) is 11.7 Å². The summed E-state index contributed by atoms with van der Waals surface area (Å²) in [5.74, 6) is 1.86. The molecule has 0 aliphatic heterocycles. The highest BCUT2D eigenvalue weighted by Gasteiger charge is 2.31. The fourth-order valence-corrected chi connectivity index (χ4v) is 4.19. The van der Waals surface area contributed by atoms with Gasteiger partial charge in [-0.3, -0.25) is 4.40 Å². The second kappa shape index (κ2) is 7.11. The van der Waals surface area contributed by atoms with Crippen LogP contribution in [-0.4, -0.2) is 46.6 Å². The number of hydrogen-bond acceptors (Lipinski definition) is 6. The van der Waals surface area contributed by atoms with Gasteiger partial charge in [0.1, 0.15) is 5.65 Å². The molecule has 1 aliphatic rings. The Hall–Kier alpha value is -3.00. The number of imidazole rings is 1. The third-order valence-corrected chi connectivity index (χ3v) is 6.23. The maximum atomic E-state index is 10.4. The molecule has 150 valence electrons. The molecular weight excluding hydrogens is 366 g/mol. The average Bonchev–Trinajstić information content (AvgIpc) is 3.39. The van der Waals surface area contributed by atoms with Crippen LogP contribution in [0.3, 0.4) is 0 Å². The highest BCUT2D eigenvalue weighted by Crippen LogP contribution is 2.34. The van der Waals surface area contributed by atoms with Crippen molar-refractivity contribution in [2.45, 2.75) is 44.6 Å². The molecule has 3 N–H and O–H groups in total. The number of hydrogen-bond donors (Lipinski definition) is 3. The van der Waals surface area contributed by atoms with Gasteiger partial charge in [0.25, 0.3) is 0 Å². The van der Waals surface area contributed by atoms with Crippen molar-refractivity contribution in [3.8, 4) is 11.1 Å². The van der Waals surface area contributed by atoms with E-state index in [4.69, 9.17) is 0 Å². The summed E-state index contributed by atoms with van der Waals surface area (Å²) in [7, 11) is 0. The summed E-state index contributed by atoms with van der Waals surface area (Å²) in [6.45, 7) is 2.90. The van der Waals surface area contributed by atoms with E-state index in [0.717, 1.165) is 60.8 Å².